The van der Waals surface area contributed by atoms with Crippen molar-refractivity contribution in [1.29, 1.82) is 0 Å². The molecular weight excluding hydrogens is 427 g/mol. The number of aromatic nitrogens is 3. The Bertz CT molecular complexity index is 536. The molecule has 0 saturated carbocycles. The number of aryl methyl sites for hydroxylation is 2. The zero-order valence-corrected chi connectivity index (χ0v) is 13.5. The Morgan fingerprint density at radius 1 is 1.57 bits per heavy atom. The summed E-state index contributed by atoms with van der Waals surface area (Å²) in [4.78, 5) is 19.0. The monoisotopic (exact) mass is 436 g/mol. The zero-order valence-electron chi connectivity index (χ0n) is 8.74. The Balaban J connectivity index is 0.000000980. The van der Waals surface area contributed by atoms with Gasteiger partial charge in [-0.1, -0.05) is 18.7 Å². The molecule has 4 nitrogen and oxygen atoms in total. The zero-order chi connectivity index (χ0) is 9.59. The molecule has 0 aliphatic carbocycles. The number of nitrogens with zero attached hydrogens (tertiary/aromatic N) is 3. The number of hydrogen-bond acceptors (Lipinski definition) is 3. The van der Waals surface area contributed by atoms with Crippen LogP contribution in [0.4, 0.5) is 0 Å². The van der Waals surface area contributed by atoms with E-state index in [9.17, 15) is 4.79 Å². The molecule has 1 radical (unpaired) electrons. The van der Waals surface area contributed by atoms with E-state index < -0.39 is 0 Å². The van der Waals surface area contributed by atoms with E-state index in [4.69, 9.17) is 1.37 Å². The first-order chi connectivity index (χ1) is 6.13. The van der Waals surface area contributed by atoms with Crippen LogP contribution in [0.3, 0.4) is 0 Å². The summed E-state index contributed by atoms with van der Waals surface area (Å²) in [6.45, 7) is 1.73. The molecule has 0 spiro atoms. The fraction of sp³-hybridized carbons (Fsp3) is 0.250. The van der Waals surface area contributed by atoms with Gasteiger partial charge in [-0.2, -0.15) is 0 Å². The standard InChI is InChI=1S/C8H7N3O.W.Y/c1-5-6-3-7(12)11(2)8(6)10-4-9-5;;/h3H,1-2H3;;/q-2;;/i3T;;. The molecule has 0 atom stereocenters. The minimum atomic E-state index is -0.341. The van der Waals surface area contributed by atoms with E-state index in [0.717, 1.165) is 0 Å². The van der Waals surface area contributed by atoms with Gasteiger partial charge in [-0.25, -0.2) is 0 Å². The maximum atomic E-state index is 11.3. The van der Waals surface area contributed by atoms with Crippen LogP contribution in [0.25, 0.3) is 11.0 Å². The molecule has 6 heteroatoms. The van der Waals surface area contributed by atoms with Gasteiger partial charge in [0.1, 0.15) is 0 Å². The maximum Gasteiger partial charge on any atom is 0.186 e. The molecule has 71 valence electrons. The Hall–Kier alpha value is 0.212. The molecule has 0 fully saturated rings. The molecule has 2 heterocycles. The third kappa shape index (κ3) is 2.23. The van der Waals surface area contributed by atoms with E-state index >= 15 is 0 Å². The van der Waals surface area contributed by atoms with Gasteiger partial charge in [-0.3, -0.25) is 4.79 Å². The Morgan fingerprint density at radius 3 is 2.79 bits per heavy atom. The van der Waals surface area contributed by atoms with Crippen LogP contribution in [0.15, 0.2) is 10.8 Å². The quantitative estimate of drug-likeness (QED) is 0.554. The van der Waals surface area contributed by atoms with Crippen molar-refractivity contribution in [2.45, 2.75) is 6.92 Å². The van der Waals surface area contributed by atoms with E-state index in [1.165, 1.54) is 4.57 Å². The topological polar surface area (TPSA) is 47.8 Å². The third-order valence-corrected chi connectivity index (χ3v) is 1.81. The minimum Gasteiger partial charge on any atom is -0.371 e. The SMILES string of the molecule is [3H][c-]1c(=O)n(C)c2n[c-]nc(C)c21.[W].[Y]. The molecule has 0 aliphatic heterocycles. The summed E-state index contributed by atoms with van der Waals surface area (Å²) in [6, 6.07) is -0.0380. The van der Waals surface area contributed by atoms with Gasteiger partial charge in [-0.05, 0) is 1.37 Å². The van der Waals surface area contributed by atoms with Gasteiger partial charge in [0.15, 0.2) is 5.56 Å². The third-order valence-electron chi connectivity index (χ3n) is 1.81. The maximum absolute atomic E-state index is 11.3. The average molecular weight is 436 g/mol. The van der Waals surface area contributed by atoms with E-state index in [2.05, 4.69) is 16.3 Å². The summed E-state index contributed by atoms with van der Waals surface area (Å²) in [5.74, 6) is 0. The van der Waals surface area contributed by atoms with E-state index in [1.54, 1.807) is 14.0 Å². The molecule has 0 saturated heterocycles. The fourth-order valence-electron chi connectivity index (χ4n) is 1.10. The first-order valence-electron chi connectivity index (χ1n) is 3.99. The molecule has 2 aromatic heterocycles. The van der Waals surface area contributed by atoms with Crippen LogP contribution in [0.2, 0.25) is 0 Å². The molecule has 14 heavy (non-hydrogen) atoms. The van der Waals surface area contributed by atoms with Crippen molar-refractivity contribution >= 4 is 11.0 Å². The van der Waals surface area contributed by atoms with Crippen molar-refractivity contribution in [3.63, 3.8) is 0 Å². The number of rotatable bonds is 0. The second kappa shape index (κ2) is 5.34. The van der Waals surface area contributed by atoms with Gasteiger partial charge in [0.05, 0.1) is 0 Å². The fourth-order valence-corrected chi connectivity index (χ4v) is 1.10. The van der Waals surface area contributed by atoms with Crippen LogP contribution in [0.5, 0.6) is 0 Å². The number of fused-ring (bicyclic) bond motifs is 1. The second-order valence-electron chi connectivity index (χ2n) is 2.60. The predicted octanol–water partition coefficient (Wildman–Crippen LogP) is 0.151. The molecular formula is C8H7N3OWY-2. The van der Waals surface area contributed by atoms with Crippen molar-refractivity contribution in [2.24, 2.45) is 7.05 Å². The summed E-state index contributed by atoms with van der Waals surface area (Å²) < 4.78 is 8.86. The molecule has 2 rings (SSSR count). The van der Waals surface area contributed by atoms with E-state index in [0.29, 0.717) is 16.7 Å². The van der Waals surface area contributed by atoms with Crippen LogP contribution in [0, 0.1) is 13.3 Å². The van der Waals surface area contributed by atoms with Gasteiger partial charge in [0.25, 0.3) is 0 Å². The van der Waals surface area contributed by atoms with Crippen molar-refractivity contribution in [1.82, 2.24) is 14.5 Å². The van der Waals surface area contributed by atoms with Crippen molar-refractivity contribution in [3.05, 3.63) is 28.4 Å². The molecule has 0 aromatic carbocycles. The van der Waals surface area contributed by atoms with Gasteiger partial charge in [0, 0.05) is 72.8 Å². The molecule has 0 bridgehead atoms. The smallest absolute Gasteiger partial charge is 0.186 e. The summed E-state index contributed by atoms with van der Waals surface area (Å²) in [6.07, 6.45) is 2.44. The van der Waals surface area contributed by atoms with Crippen LogP contribution < -0.4 is 5.56 Å². The van der Waals surface area contributed by atoms with E-state index in [-0.39, 0.29) is 65.4 Å². The molecule has 0 aliphatic rings. The Morgan fingerprint density at radius 2 is 2.21 bits per heavy atom. The molecule has 0 N–H and O–H groups in total. The molecule has 2 aromatic rings. The first-order valence-corrected chi connectivity index (χ1v) is 3.49. The first kappa shape index (κ1) is 12.3. The Labute approximate surface area is 122 Å². The van der Waals surface area contributed by atoms with Gasteiger partial charge in [-0.15, -0.1) is 5.39 Å². The summed E-state index contributed by atoms with van der Waals surface area (Å²) in [5, 5.41) is 0.520. The van der Waals surface area contributed by atoms with Crippen LogP contribution in [-0.2, 0) is 60.8 Å². The van der Waals surface area contributed by atoms with Gasteiger partial charge >= 0.3 is 0 Å². The molecule has 0 unspecified atom stereocenters. The summed E-state index contributed by atoms with van der Waals surface area (Å²) in [5.41, 5.74) is 0.752. The average Bonchev–Trinajstić information content (AvgIpc) is 2.33. The molecule has 0 amide bonds. The van der Waals surface area contributed by atoms with Crippen LogP contribution in [0.1, 0.15) is 7.06 Å². The number of hydrogen-bond donors (Lipinski definition) is 0. The predicted molar refractivity (Wildman–Crippen MR) is 43.9 cm³/mol. The summed E-state index contributed by atoms with van der Waals surface area (Å²) >= 11 is 0. The largest absolute Gasteiger partial charge is 0.371 e. The van der Waals surface area contributed by atoms with Crippen LogP contribution >= 0.6 is 0 Å². The van der Waals surface area contributed by atoms with E-state index in [1.807, 2.05) is 0 Å². The summed E-state index contributed by atoms with van der Waals surface area (Å²) in [7, 11) is 1.59. The Kier molecular flexibility index (Phi) is 4.68. The van der Waals surface area contributed by atoms with Gasteiger partial charge in [0.2, 0.25) is 0 Å². The van der Waals surface area contributed by atoms with Crippen LogP contribution in [-0.4, -0.2) is 14.5 Å². The van der Waals surface area contributed by atoms with Crippen molar-refractivity contribution in [3.8, 4) is 0 Å². The van der Waals surface area contributed by atoms with Crippen molar-refractivity contribution in [2.75, 3.05) is 0 Å². The minimum absolute atomic E-state index is 0. The van der Waals surface area contributed by atoms with Gasteiger partial charge < -0.3 is 14.5 Å². The second-order valence-corrected chi connectivity index (χ2v) is 2.60. The normalized spacial score (nSPS) is 10.3. The van der Waals surface area contributed by atoms with Crippen molar-refractivity contribution < 1.29 is 55.1 Å².